The van der Waals surface area contributed by atoms with E-state index < -0.39 is 0 Å². The number of nitrogens with zero attached hydrogens (tertiary/aromatic N) is 5. The van der Waals surface area contributed by atoms with Gasteiger partial charge in [-0.2, -0.15) is 0 Å². The lowest BCUT2D eigenvalue weighted by molar-refractivity contribution is 0.0622. The first-order valence-electron chi connectivity index (χ1n) is 14.6. The van der Waals surface area contributed by atoms with Gasteiger partial charge in [0.15, 0.2) is 0 Å². The van der Waals surface area contributed by atoms with Crippen molar-refractivity contribution >= 4 is 11.6 Å². The maximum absolute atomic E-state index is 13.3. The predicted molar refractivity (Wildman–Crippen MR) is 167 cm³/mol. The number of methoxy groups -OCH3 is 1. The molecule has 10 nitrogen and oxygen atoms in total. The number of carbonyl (C=O) groups excluding carboxylic acids is 1. The molecule has 5 rings (SSSR count). The number of aliphatic hydroxyl groups excluding tert-OH is 1. The number of piperazine rings is 1. The van der Waals surface area contributed by atoms with E-state index in [-0.39, 0.29) is 19.1 Å². The lowest BCUT2D eigenvalue weighted by Crippen LogP contribution is -2.48. The molecule has 44 heavy (non-hydrogen) atoms. The summed E-state index contributed by atoms with van der Waals surface area (Å²) in [5.74, 6) is 3.11. The number of aryl methyl sites for hydroxylation is 2. The summed E-state index contributed by atoms with van der Waals surface area (Å²) in [4.78, 5) is 25.7. The van der Waals surface area contributed by atoms with Crippen LogP contribution in [0.2, 0.25) is 0 Å². The normalized spacial score (nSPS) is 13.4. The Kier molecular flexibility index (Phi) is 9.79. The largest absolute Gasteiger partial charge is 0.496 e. The highest BCUT2D eigenvalue weighted by atomic mass is 16.5. The van der Waals surface area contributed by atoms with Crippen LogP contribution in [-0.4, -0.2) is 76.9 Å². The smallest absolute Gasteiger partial charge is 0.257 e. The Hall–Kier alpha value is -4.85. The second-order valence-corrected chi connectivity index (χ2v) is 10.7. The molecule has 2 heterocycles. The van der Waals surface area contributed by atoms with Gasteiger partial charge in [-0.15, -0.1) is 0 Å². The molecular weight excluding hydrogens is 558 g/mol. The van der Waals surface area contributed by atoms with Gasteiger partial charge in [-0.25, -0.2) is 9.83 Å². The Morgan fingerprint density at radius 3 is 2.52 bits per heavy atom. The number of para-hydroxylation sites is 1. The molecule has 0 unspecified atom stereocenters. The Morgan fingerprint density at radius 1 is 1.00 bits per heavy atom. The third-order valence-electron chi connectivity index (χ3n) is 7.71. The highest BCUT2D eigenvalue weighted by molar-refractivity contribution is 5.97. The van der Waals surface area contributed by atoms with Crippen molar-refractivity contribution in [3.63, 3.8) is 0 Å². The number of rotatable bonds is 11. The van der Waals surface area contributed by atoms with Gasteiger partial charge in [0, 0.05) is 51.5 Å². The molecule has 0 bridgehead atoms. The molecular formula is C34H37N5O5. The first-order valence-corrected chi connectivity index (χ1v) is 14.6. The molecule has 0 radical (unpaired) electrons. The number of amides is 1. The monoisotopic (exact) mass is 595 g/mol. The summed E-state index contributed by atoms with van der Waals surface area (Å²) in [5.41, 5.74) is 4.01. The van der Waals surface area contributed by atoms with E-state index in [1.54, 1.807) is 37.4 Å². The van der Waals surface area contributed by atoms with E-state index in [9.17, 15) is 4.79 Å². The fourth-order valence-corrected chi connectivity index (χ4v) is 5.39. The highest BCUT2D eigenvalue weighted by Gasteiger charge is 2.25. The van der Waals surface area contributed by atoms with Gasteiger partial charge < -0.3 is 28.8 Å². The zero-order valence-corrected chi connectivity index (χ0v) is 25.3. The van der Waals surface area contributed by atoms with Crippen LogP contribution in [-0.2, 0) is 13.1 Å². The second kappa shape index (κ2) is 14.1. The third kappa shape index (κ3) is 7.02. The maximum atomic E-state index is 13.3. The molecule has 1 aliphatic heterocycles. The molecule has 0 aliphatic carbocycles. The number of benzene rings is 3. The van der Waals surface area contributed by atoms with E-state index in [1.807, 2.05) is 55.3 Å². The molecule has 1 amide bonds. The molecule has 1 aliphatic rings. The number of imidazole rings is 1. The van der Waals surface area contributed by atoms with Gasteiger partial charge in [0.05, 0.1) is 31.5 Å². The van der Waals surface area contributed by atoms with Crippen LogP contribution < -0.4 is 14.2 Å². The molecule has 0 spiro atoms. The molecule has 1 saturated heterocycles. The van der Waals surface area contributed by atoms with E-state index in [1.165, 1.54) is 0 Å². The van der Waals surface area contributed by atoms with Gasteiger partial charge in [-0.05, 0) is 49.2 Å². The Labute approximate surface area is 257 Å². The number of hydrogen-bond acceptors (Lipinski definition) is 7. The zero-order valence-electron chi connectivity index (χ0n) is 25.3. The molecule has 0 saturated carbocycles. The van der Waals surface area contributed by atoms with Gasteiger partial charge in [0.25, 0.3) is 5.91 Å². The van der Waals surface area contributed by atoms with Crippen LogP contribution in [0.3, 0.4) is 0 Å². The van der Waals surface area contributed by atoms with Crippen LogP contribution in [0.15, 0.2) is 66.9 Å². The minimum Gasteiger partial charge on any atom is -0.496 e. The van der Waals surface area contributed by atoms with Crippen LogP contribution >= 0.6 is 0 Å². The van der Waals surface area contributed by atoms with Crippen molar-refractivity contribution in [2.45, 2.75) is 26.9 Å². The van der Waals surface area contributed by atoms with Crippen molar-refractivity contribution in [1.82, 2.24) is 19.4 Å². The Morgan fingerprint density at radius 2 is 1.77 bits per heavy atom. The number of aliphatic hydroxyl groups is 1. The van der Waals surface area contributed by atoms with Crippen molar-refractivity contribution in [3.05, 3.63) is 106 Å². The summed E-state index contributed by atoms with van der Waals surface area (Å²) < 4.78 is 19.3. The fraction of sp³-hybridized carbons (Fsp3) is 0.324. The number of ether oxygens (including phenoxy) is 3. The topological polar surface area (TPSA) is 93.7 Å². The van der Waals surface area contributed by atoms with Gasteiger partial charge in [0.1, 0.15) is 35.4 Å². The fourth-order valence-electron chi connectivity index (χ4n) is 5.39. The molecule has 1 N–H and O–H groups in total. The SMILES string of the molecule is [C-]#[N+]c1ccc(Cn2c(CN3CCN(C(=O)c4cccc(C)c4OC)CC3)cnc2C)cc1Oc1cccc(OCCO)c1. The van der Waals surface area contributed by atoms with Crippen molar-refractivity contribution in [2.75, 3.05) is 46.5 Å². The van der Waals surface area contributed by atoms with Crippen molar-refractivity contribution in [2.24, 2.45) is 0 Å². The van der Waals surface area contributed by atoms with Crippen molar-refractivity contribution in [3.8, 4) is 23.0 Å². The maximum Gasteiger partial charge on any atom is 0.257 e. The van der Waals surface area contributed by atoms with Gasteiger partial charge in [-0.3, -0.25) is 9.69 Å². The lowest BCUT2D eigenvalue weighted by atomic mass is 10.1. The van der Waals surface area contributed by atoms with Crippen LogP contribution in [0, 0.1) is 20.4 Å². The molecule has 1 fully saturated rings. The minimum absolute atomic E-state index is 0.00335. The van der Waals surface area contributed by atoms with Crippen LogP contribution in [0.4, 0.5) is 5.69 Å². The summed E-state index contributed by atoms with van der Waals surface area (Å²) in [6.45, 7) is 15.7. The second-order valence-electron chi connectivity index (χ2n) is 10.7. The van der Waals surface area contributed by atoms with Crippen LogP contribution in [0.1, 0.15) is 33.0 Å². The Balaban J connectivity index is 1.25. The molecule has 3 aromatic carbocycles. The number of aromatic nitrogens is 2. The summed E-state index contributed by atoms with van der Waals surface area (Å²) in [7, 11) is 1.60. The molecule has 4 aromatic rings. The minimum atomic E-state index is -0.0792. The number of hydrogen-bond donors (Lipinski definition) is 1. The average Bonchev–Trinajstić information content (AvgIpc) is 3.38. The van der Waals surface area contributed by atoms with E-state index in [0.29, 0.717) is 60.4 Å². The van der Waals surface area contributed by atoms with Crippen molar-refractivity contribution < 1.29 is 24.1 Å². The summed E-state index contributed by atoms with van der Waals surface area (Å²) in [6.07, 6.45) is 1.91. The van der Waals surface area contributed by atoms with Gasteiger partial charge in [0.2, 0.25) is 5.69 Å². The summed E-state index contributed by atoms with van der Waals surface area (Å²) in [5, 5.41) is 9.04. The van der Waals surface area contributed by atoms with E-state index in [0.717, 1.165) is 35.7 Å². The molecule has 228 valence electrons. The first-order chi connectivity index (χ1) is 21.4. The van der Waals surface area contributed by atoms with Gasteiger partial charge in [-0.1, -0.05) is 30.3 Å². The van der Waals surface area contributed by atoms with Gasteiger partial charge >= 0.3 is 0 Å². The van der Waals surface area contributed by atoms with E-state index in [2.05, 4.69) is 19.3 Å². The highest BCUT2D eigenvalue weighted by Crippen LogP contribution is 2.34. The molecule has 10 heteroatoms. The first kappa shape index (κ1) is 30.6. The predicted octanol–water partition coefficient (Wildman–Crippen LogP) is 5.23. The lowest BCUT2D eigenvalue weighted by Gasteiger charge is -2.35. The van der Waals surface area contributed by atoms with Crippen LogP contribution in [0.25, 0.3) is 4.85 Å². The van der Waals surface area contributed by atoms with Crippen LogP contribution in [0.5, 0.6) is 23.0 Å². The standard InChI is InChI=1S/C34H37N5O5/c1-24-7-5-10-30(33(24)42-4)34(41)38-15-13-37(14-16-38)23-27-21-36-25(2)39(27)22-26-11-12-31(35-3)32(19-26)44-29-9-6-8-28(20-29)43-18-17-40/h5-12,19-21,40H,13-18,22-23H2,1-2,4H3. The van der Waals surface area contributed by atoms with Crippen molar-refractivity contribution in [1.29, 1.82) is 0 Å². The molecule has 0 atom stereocenters. The van der Waals surface area contributed by atoms with E-state index in [4.69, 9.17) is 25.9 Å². The average molecular weight is 596 g/mol. The summed E-state index contributed by atoms with van der Waals surface area (Å²) >= 11 is 0. The quantitative estimate of drug-likeness (QED) is 0.238. The number of carbonyl (C=O) groups is 1. The Bertz CT molecular complexity index is 1650. The third-order valence-corrected chi connectivity index (χ3v) is 7.71. The zero-order chi connectivity index (χ0) is 31.1. The molecule has 1 aromatic heterocycles. The van der Waals surface area contributed by atoms with E-state index >= 15 is 0 Å². The summed E-state index contributed by atoms with van der Waals surface area (Å²) in [6, 6.07) is 18.4.